The topological polar surface area (TPSA) is 39.7 Å². The van der Waals surface area contributed by atoms with Crippen molar-refractivity contribution in [2.75, 3.05) is 37.8 Å². The SMILES string of the molecule is CN=C(NCc1cccc(N2CC=CC2)c1)NCC(C)(C)SC.I. The Labute approximate surface area is 167 Å². The largest absolute Gasteiger partial charge is 0.364 e. The van der Waals surface area contributed by atoms with Crippen LogP contribution in [0.2, 0.25) is 0 Å². The van der Waals surface area contributed by atoms with Crippen LogP contribution in [0, 0.1) is 0 Å². The minimum atomic E-state index is 0. The van der Waals surface area contributed by atoms with Crippen LogP contribution in [0.1, 0.15) is 19.4 Å². The molecule has 0 amide bonds. The van der Waals surface area contributed by atoms with Crippen molar-refractivity contribution in [2.24, 2.45) is 4.99 Å². The van der Waals surface area contributed by atoms with Crippen molar-refractivity contribution in [3.63, 3.8) is 0 Å². The Morgan fingerprint density at radius 3 is 2.58 bits per heavy atom. The summed E-state index contributed by atoms with van der Waals surface area (Å²) in [6, 6.07) is 8.69. The Balaban J connectivity index is 0.00000288. The van der Waals surface area contributed by atoms with Crippen LogP contribution in [0.25, 0.3) is 0 Å². The van der Waals surface area contributed by atoms with Crippen LogP contribution in [0.4, 0.5) is 5.69 Å². The first-order valence-electron chi connectivity index (χ1n) is 8.02. The van der Waals surface area contributed by atoms with Gasteiger partial charge in [-0.1, -0.05) is 24.3 Å². The van der Waals surface area contributed by atoms with E-state index < -0.39 is 0 Å². The Morgan fingerprint density at radius 1 is 1.25 bits per heavy atom. The molecular weight excluding hydrogens is 431 g/mol. The lowest BCUT2D eigenvalue weighted by molar-refractivity contribution is 0.664. The maximum Gasteiger partial charge on any atom is 0.191 e. The highest BCUT2D eigenvalue weighted by Gasteiger charge is 2.16. The van der Waals surface area contributed by atoms with E-state index in [0.717, 1.165) is 32.1 Å². The van der Waals surface area contributed by atoms with Crippen LogP contribution >= 0.6 is 35.7 Å². The summed E-state index contributed by atoms with van der Waals surface area (Å²) in [5.41, 5.74) is 2.54. The summed E-state index contributed by atoms with van der Waals surface area (Å²) in [5, 5.41) is 6.79. The zero-order chi connectivity index (χ0) is 16.7. The van der Waals surface area contributed by atoms with E-state index in [1.165, 1.54) is 11.3 Å². The second kappa shape index (κ2) is 10.2. The Bertz CT molecular complexity index is 564. The second-order valence-electron chi connectivity index (χ2n) is 6.29. The molecule has 1 aliphatic rings. The van der Waals surface area contributed by atoms with Crippen molar-refractivity contribution in [3.8, 4) is 0 Å². The highest BCUT2D eigenvalue weighted by Crippen LogP contribution is 2.20. The summed E-state index contributed by atoms with van der Waals surface area (Å²) in [4.78, 5) is 6.66. The zero-order valence-electron chi connectivity index (χ0n) is 15.0. The second-order valence-corrected chi connectivity index (χ2v) is 7.80. The van der Waals surface area contributed by atoms with Gasteiger partial charge in [0.25, 0.3) is 0 Å². The van der Waals surface area contributed by atoms with Crippen molar-refractivity contribution in [3.05, 3.63) is 42.0 Å². The highest BCUT2D eigenvalue weighted by atomic mass is 127. The number of guanidine groups is 1. The Kier molecular flexibility index (Phi) is 8.97. The fourth-order valence-corrected chi connectivity index (χ4v) is 2.54. The fraction of sp³-hybridized carbons (Fsp3) is 0.500. The molecule has 0 saturated heterocycles. The molecule has 24 heavy (non-hydrogen) atoms. The van der Waals surface area contributed by atoms with Crippen LogP contribution in [0.3, 0.4) is 0 Å². The summed E-state index contributed by atoms with van der Waals surface area (Å²) in [7, 11) is 1.81. The molecule has 1 aromatic carbocycles. The standard InChI is InChI=1S/C18H28N4S.HI/c1-18(2,23-4)14-21-17(19-3)20-13-15-8-7-9-16(12-15)22-10-5-6-11-22;/h5-9,12H,10-11,13-14H2,1-4H3,(H2,19,20,21);1H. The van der Waals surface area contributed by atoms with Crippen LogP contribution in [-0.2, 0) is 6.54 Å². The molecule has 2 N–H and O–H groups in total. The van der Waals surface area contributed by atoms with E-state index in [1.807, 2.05) is 18.8 Å². The molecule has 2 rings (SSSR count). The molecule has 0 radical (unpaired) electrons. The third-order valence-electron chi connectivity index (χ3n) is 4.01. The van der Waals surface area contributed by atoms with Gasteiger partial charge < -0.3 is 15.5 Å². The van der Waals surface area contributed by atoms with E-state index in [-0.39, 0.29) is 28.7 Å². The van der Waals surface area contributed by atoms with Gasteiger partial charge in [0, 0.05) is 43.7 Å². The first-order valence-corrected chi connectivity index (χ1v) is 9.25. The molecule has 1 heterocycles. The average molecular weight is 460 g/mol. The van der Waals surface area contributed by atoms with E-state index in [4.69, 9.17) is 0 Å². The number of halogens is 1. The molecule has 0 aliphatic carbocycles. The number of thioether (sulfide) groups is 1. The smallest absolute Gasteiger partial charge is 0.191 e. The molecule has 0 saturated carbocycles. The summed E-state index contributed by atoms with van der Waals surface area (Å²) in [5.74, 6) is 0.848. The van der Waals surface area contributed by atoms with Gasteiger partial charge in [0.05, 0.1) is 0 Å². The average Bonchev–Trinajstić information content (AvgIpc) is 3.10. The molecule has 0 bridgehead atoms. The summed E-state index contributed by atoms with van der Waals surface area (Å²) in [6.07, 6.45) is 6.56. The first kappa shape index (κ1) is 21.2. The van der Waals surface area contributed by atoms with Gasteiger partial charge in [-0.25, -0.2) is 0 Å². The number of nitrogens with zero attached hydrogens (tertiary/aromatic N) is 2. The van der Waals surface area contributed by atoms with Gasteiger partial charge in [-0.05, 0) is 37.8 Å². The lowest BCUT2D eigenvalue weighted by Gasteiger charge is -2.24. The maximum atomic E-state index is 4.31. The molecule has 0 atom stereocenters. The van der Waals surface area contributed by atoms with Crippen LogP contribution < -0.4 is 15.5 Å². The number of hydrogen-bond acceptors (Lipinski definition) is 3. The van der Waals surface area contributed by atoms with E-state index in [1.54, 1.807) is 0 Å². The predicted octanol–water partition coefficient (Wildman–Crippen LogP) is 3.49. The normalized spacial score (nSPS) is 14.5. The van der Waals surface area contributed by atoms with E-state index in [0.29, 0.717) is 0 Å². The van der Waals surface area contributed by atoms with Gasteiger partial charge in [-0.15, -0.1) is 24.0 Å². The van der Waals surface area contributed by atoms with Crippen molar-refractivity contribution < 1.29 is 0 Å². The molecule has 0 fully saturated rings. The van der Waals surface area contributed by atoms with Crippen LogP contribution in [0.15, 0.2) is 41.4 Å². The molecule has 4 nitrogen and oxygen atoms in total. The molecule has 0 spiro atoms. The van der Waals surface area contributed by atoms with Crippen molar-refractivity contribution >= 4 is 47.4 Å². The minimum absolute atomic E-state index is 0. The van der Waals surface area contributed by atoms with Gasteiger partial charge in [0.15, 0.2) is 5.96 Å². The number of anilines is 1. The lowest BCUT2D eigenvalue weighted by atomic mass is 10.2. The monoisotopic (exact) mass is 460 g/mol. The third-order valence-corrected chi connectivity index (χ3v) is 5.26. The number of aliphatic imine (C=N–C) groups is 1. The van der Waals surface area contributed by atoms with E-state index in [2.05, 4.69) is 77.0 Å². The van der Waals surface area contributed by atoms with Gasteiger partial charge >= 0.3 is 0 Å². The fourth-order valence-electron chi connectivity index (χ4n) is 2.33. The van der Waals surface area contributed by atoms with Gasteiger partial charge in [-0.3, -0.25) is 4.99 Å². The first-order chi connectivity index (χ1) is 11.0. The lowest BCUT2D eigenvalue weighted by Crippen LogP contribution is -2.43. The molecular formula is C18H29IN4S. The predicted molar refractivity (Wildman–Crippen MR) is 119 cm³/mol. The Morgan fingerprint density at radius 2 is 1.96 bits per heavy atom. The van der Waals surface area contributed by atoms with Crippen LogP contribution in [0.5, 0.6) is 0 Å². The molecule has 0 unspecified atom stereocenters. The summed E-state index contributed by atoms with van der Waals surface area (Å²) >= 11 is 1.85. The number of hydrogen-bond donors (Lipinski definition) is 2. The number of rotatable bonds is 6. The van der Waals surface area contributed by atoms with Crippen LogP contribution in [-0.4, -0.2) is 43.6 Å². The molecule has 134 valence electrons. The minimum Gasteiger partial charge on any atom is -0.364 e. The maximum absolute atomic E-state index is 4.31. The molecule has 0 aromatic heterocycles. The van der Waals surface area contributed by atoms with Gasteiger partial charge in [-0.2, -0.15) is 11.8 Å². The Hall–Kier alpha value is -0.890. The highest BCUT2D eigenvalue weighted by molar-refractivity contribution is 14.0. The van der Waals surface area contributed by atoms with Crippen molar-refractivity contribution in [1.82, 2.24) is 10.6 Å². The number of benzene rings is 1. The van der Waals surface area contributed by atoms with Gasteiger partial charge in [0.2, 0.25) is 0 Å². The molecule has 6 heteroatoms. The molecule has 1 aromatic rings. The van der Waals surface area contributed by atoms with Gasteiger partial charge in [0.1, 0.15) is 0 Å². The zero-order valence-corrected chi connectivity index (χ0v) is 18.2. The van der Waals surface area contributed by atoms with Crippen molar-refractivity contribution in [1.29, 1.82) is 0 Å². The summed E-state index contributed by atoms with van der Waals surface area (Å²) in [6.45, 7) is 8.12. The van der Waals surface area contributed by atoms with Crippen molar-refractivity contribution in [2.45, 2.75) is 25.1 Å². The molecule has 1 aliphatic heterocycles. The van der Waals surface area contributed by atoms with E-state index >= 15 is 0 Å². The summed E-state index contributed by atoms with van der Waals surface area (Å²) < 4.78 is 0.195. The number of nitrogens with one attached hydrogen (secondary N) is 2. The van der Waals surface area contributed by atoms with E-state index in [9.17, 15) is 0 Å². The third kappa shape index (κ3) is 6.55. The quantitative estimate of drug-likeness (QED) is 0.295.